The van der Waals surface area contributed by atoms with Gasteiger partial charge < -0.3 is 17.7 Å². The lowest BCUT2D eigenvalue weighted by molar-refractivity contribution is 0.0704. The van der Waals surface area contributed by atoms with Gasteiger partial charge in [0.2, 0.25) is 0 Å². The minimum absolute atomic E-state index is 0.662. The van der Waals surface area contributed by atoms with E-state index in [4.69, 9.17) is 17.7 Å². The summed E-state index contributed by atoms with van der Waals surface area (Å²) in [7, 11) is -2.91. The van der Waals surface area contributed by atoms with Crippen LogP contribution in [0.15, 0.2) is 0 Å². The topological polar surface area (TPSA) is 36.9 Å². The molecule has 0 heterocycles. The molecule has 0 aromatic heterocycles. The van der Waals surface area contributed by atoms with E-state index in [1.54, 1.807) is 7.11 Å². The molecule has 0 saturated heterocycles. The molecule has 130 valence electrons. The Kier molecular flexibility index (Phi) is 14.7. The summed E-state index contributed by atoms with van der Waals surface area (Å²) in [5, 5.41) is 0. The SMILES string of the molecule is CC.COCCOCCC[Si](C)(O[SiH](C)C)O[Si](C)(C)C. The van der Waals surface area contributed by atoms with Gasteiger partial charge in [0.25, 0.3) is 0 Å². The van der Waals surface area contributed by atoms with Crippen molar-refractivity contribution in [3.05, 3.63) is 0 Å². The van der Waals surface area contributed by atoms with Gasteiger partial charge in [-0.2, -0.15) is 0 Å². The molecular weight excluding hydrogens is 316 g/mol. The molecule has 7 heteroatoms. The van der Waals surface area contributed by atoms with Crippen molar-refractivity contribution < 1.29 is 17.7 Å². The van der Waals surface area contributed by atoms with Gasteiger partial charge >= 0.3 is 8.56 Å². The van der Waals surface area contributed by atoms with Gasteiger partial charge in [0.15, 0.2) is 17.4 Å². The largest absolute Gasteiger partial charge is 0.439 e. The van der Waals surface area contributed by atoms with Crippen molar-refractivity contribution in [2.45, 2.75) is 65.6 Å². The van der Waals surface area contributed by atoms with Gasteiger partial charge in [-0.25, -0.2) is 0 Å². The Morgan fingerprint density at radius 2 is 1.48 bits per heavy atom. The first-order chi connectivity index (χ1) is 9.68. The van der Waals surface area contributed by atoms with E-state index in [0.29, 0.717) is 13.2 Å². The molecule has 0 aliphatic rings. The molecule has 0 bridgehead atoms. The van der Waals surface area contributed by atoms with Crippen molar-refractivity contribution in [3.63, 3.8) is 0 Å². The zero-order chi connectivity index (χ0) is 16.9. The van der Waals surface area contributed by atoms with Gasteiger partial charge in [-0.05, 0) is 51.7 Å². The summed E-state index contributed by atoms with van der Waals surface area (Å²) in [6.45, 7) is 19.5. The van der Waals surface area contributed by atoms with Crippen LogP contribution in [0.25, 0.3) is 0 Å². The molecule has 0 spiro atoms. The normalized spacial score (nSPS) is 14.6. The first-order valence-corrected chi connectivity index (χ1v) is 16.8. The molecule has 0 saturated carbocycles. The summed E-state index contributed by atoms with van der Waals surface area (Å²) >= 11 is 0. The second-order valence-corrected chi connectivity index (χ2v) is 17.1. The fraction of sp³-hybridized carbons (Fsp3) is 1.00. The van der Waals surface area contributed by atoms with Crippen LogP contribution in [0.1, 0.15) is 20.3 Å². The van der Waals surface area contributed by atoms with Crippen LogP contribution in [0.5, 0.6) is 0 Å². The summed E-state index contributed by atoms with van der Waals surface area (Å²) in [4.78, 5) is 0. The average Bonchev–Trinajstić information content (AvgIpc) is 2.32. The molecule has 0 N–H and O–H groups in total. The summed E-state index contributed by atoms with van der Waals surface area (Å²) in [6.07, 6.45) is 1.01. The van der Waals surface area contributed by atoms with Crippen LogP contribution < -0.4 is 0 Å². The van der Waals surface area contributed by atoms with Crippen molar-refractivity contribution in [2.24, 2.45) is 0 Å². The highest BCUT2D eigenvalue weighted by atomic mass is 28.5. The third-order valence-electron chi connectivity index (χ3n) is 2.36. The minimum Gasteiger partial charge on any atom is -0.439 e. The van der Waals surface area contributed by atoms with E-state index in [1.165, 1.54) is 0 Å². The van der Waals surface area contributed by atoms with Crippen LogP contribution >= 0.6 is 0 Å². The third-order valence-corrected chi connectivity index (χ3v) is 11.7. The smallest absolute Gasteiger partial charge is 0.314 e. The Morgan fingerprint density at radius 1 is 0.905 bits per heavy atom. The van der Waals surface area contributed by atoms with E-state index >= 15 is 0 Å². The molecule has 0 radical (unpaired) electrons. The molecule has 0 aliphatic carbocycles. The average molecular weight is 355 g/mol. The van der Waals surface area contributed by atoms with Crippen molar-refractivity contribution in [1.29, 1.82) is 0 Å². The summed E-state index contributed by atoms with van der Waals surface area (Å²) in [5.74, 6) is 0. The summed E-state index contributed by atoms with van der Waals surface area (Å²) < 4.78 is 23.1. The van der Waals surface area contributed by atoms with E-state index in [9.17, 15) is 0 Å². The van der Waals surface area contributed by atoms with Crippen LogP contribution in [0.3, 0.4) is 0 Å². The summed E-state index contributed by atoms with van der Waals surface area (Å²) in [6, 6.07) is 1.02. The second kappa shape index (κ2) is 13.0. The molecular formula is C14H38O4Si3. The first kappa shape index (κ1) is 23.8. The lowest BCUT2D eigenvalue weighted by Crippen LogP contribution is -2.49. The van der Waals surface area contributed by atoms with Crippen LogP contribution in [0.2, 0.25) is 45.3 Å². The van der Waals surface area contributed by atoms with Crippen LogP contribution in [0.4, 0.5) is 0 Å². The number of rotatable bonds is 11. The van der Waals surface area contributed by atoms with Crippen molar-refractivity contribution in [1.82, 2.24) is 0 Å². The van der Waals surface area contributed by atoms with Crippen LogP contribution in [-0.4, -0.2) is 52.8 Å². The Morgan fingerprint density at radius 3 is 1.90 bits per heavy atom. The van der Waals surface area contributed by atoms with Gasteiger partial charge in [-0.1, -0.05) is 13.8 Å². The predicted molar refractivity (Wildman–Crippen MR) is 99.5 cm³/mol. The zero-order valence-electron chi connectivity index (χ0n) is 15.7. The van der Waals surface area contributed by atoms with E-state index in [1.807, 2.05) is 13.8 Å². The monoisotopic (exact) mass is 354 g/mol. The lowest BCUT2D eigenvalue weighted by Gasteiger charge is -2.35. The summed E-state index contributed by atoms with van der Waals surface area (Å²) in [5.41, 5.74) is 0. The molecule has 0 rings (SSSR count). The molecule has 1 unspecified atom stereocenters. The van der Waals surface area contributed by atoms with E-state index in [0.717, 1.165) is 19.1 Å². The molecule has 0 aliphatic heterocycles. The predicted octanol–water partition coefficient (Wildman–Crippen LogP) is 3.99. The maximum atomic E-state index is 6.37. The highest BCUT2D eigenvalue weighted by Gasteiger charge is 2.36. The van der Waals surface area contributed by atoms with Gasteiger partial charge in [-0.3, -0.25) is 0 Å². The van der Waals surface area contributed by atoms with Crippen LogP contribution in [0, 0.1) is 0 Å². The maximum absolute atomic E-state index is 6.37. The molecule has 4 nitrogen and oxygen atoms in total. The molecule has 0 aromatic carbocycles. The van der Waals surface area contributed by atoms with Gasteiger partial charge in [0.1, 0.15) is 0 Å². The third kappa shape index (κ3) is 16.7. The van der Waals surface area contributed by atoms with E-state index < -0.39 is 25.9 Å². The number of hydrogen-bond donors (Lipinski definition) is 0. The molecule has 1 atom stereocenters. The Hall–Kier alpha value is 0.491. The highest BCUT2D eigenvalue weighted by molar-refractivity contribution is 6.84. The quantitative estimate of drug-likeness (QED) is 0.415. The number of methoxy groups -OCH3 is 1. The molecule has 0 aromatic rings. The van der Waals surface area contributed by atoms with Gasteiger partial charge in [-0.15, -0.1) is 0 Å². The Labute approximate surface area is 136 Å². The molecule has 0 fully saturated rings. The first-order valence-electron chi connectivity index (χ1n) is 8.13. The Bertz CT molecular complexity index is 235. The minimum atomic E-state index is -2.00. The second-order valence-electron chi connectivity index (χ2n) is 6.22. The molecule has 0 amide bonds. The van der Waals surface area contributed by atoms with E-state index in [2.05, 4.69) is 39.3 Å². The van der Waals surface area contributed by atoms with Gasteiger partial charge in [0.05, 0.1) is 13.2 Å². The number of hydrogen-bond acceptors (Lipinski definition) is 4. The number of ether oxygens (including phenoxy) is 2. The highest BCUT2D eigenvalue weighted by Crippen LogP contribution is 2.22. The fourth-order valence-electron chi connectivity index (χ4n) is 2.02. The van der Waals surface area contributed by atoms with Crippen LogP contribution in [-0.2, 0) is 17.7 Å². The van der Waals surface area contributed by atoms with Gasteiger partial charge in [0, 0.05) is 13.7 Å². The maximum Gasteiger partial charge on any atom is 0.314 e. The zero-order valence-corrected chi connectivity index (χ0v) is 18.9. The lowest BCUT2D eigenvalue weighted by atomic mass is 10.5. The van der Waals surface area contributed by atoms with Crippen molar-refractivity contribution in [3.8, 4) is 0 Å². The van der Waals surface area contributed by atoms with E-state index in [-0.39, 0.29) is 0 Å². The molecule has 21 heavy (non-hydrogen) atoms. The van der Waals surface area contributed by atoms with Crippen molar-refractivity contribution >= 4 is 25.9 Å². The standard InChI is InChI=1S/C12H32O4Si3.C2H6/c1-13-10-11-14-9-8-12-19(7,15-17(2)3)16-18(4,5)6;1-2/h17H,8-12H2,1-7H3;1-2H3. The Balaban J connectivity index is 0. The van der Waals surface area contributed by atoms with Crippen molar-refractivity contribution in [2.75, 3.05) is 26.9 Å². The fourth-order valence-corrected chi connectivity index (χ4v) is 13.5.